The number of hydrogen-bond acceptors (Lipinski definition) is 7. The van der Waals surface area contributed by atoms with Gasteiger partial charge in [0.2, 0.25) is 0 Å². The minimum Gasteiger partial charge on any atom is -0.309 e. The Morgan fingerprint density at radius 1 is 0.158 bits per heavy atom. The highest BCUT2D eigenvalue weighted by Gasteiger charge is 2.19. The second kappa shape index (κ2) is 32.5. The molecule has 11 aromatic carbocycles. The van der Waals surface area contributed by atoms with Crippen LogP contribution in [-0.2, 0) is 0 Å². The van der Waals surface area contributed by atoms with Crippen molar-refractivity contribution in [3.63, 3.8) is 0 Å². The summed E-state index contributed by atoms with van der Waals surface area (Å²) in [5.74, 6) is 0. The van der Waals surface area contributed by atoms with Crippen LogP contribution >= 0.6 is 0 Å². The molecule has 13 heterocycles. The number of para-hydroxylation sites is 5. The van der Waals surface area contributed by atoms with Gasteiger partial charge in [-0.3, -0.25) is 34.5 Å². The van der Waals surface area contributed by atoms with Crippen molar-refractivity contribution in [1.29, 1.82) is 0 Å². The monoisotopic (exact) mass is 1550 g/mol. The van der Waals surface area contributed by atoms with E-state index in [9.17, 15) is 0 Å². The minimum absolute atomic E-state index is 0.948. The molecule has 24 aromatic rings. The van der Waals surface area contributed by atoms with Crippen LogP contribution in [-0.4, -0.2) is 62.3 Å². The molecule has 576 valence electrons. The van der Waals surface area contributed by atoms with Crippen LogP contribution in [0.1, 0.15) is 33.4 Å². The molecule has 0 aliphatic carbocycles. The van der Waals surface area contributed by atoms with Crippen molar-refractivity contribution >= 4 is 131 Å². The van der Waals surface area contributed by atoms with Gasteiger partial charge in [-0.2, -0.15) is 0 Å². The Morgan fingerprint density at radius 2 is 0.400 bits per heavy atom. The van der Waals surface area contributed by atoms with Gasteiger partial charge in [0.15, 0.2) is 0 Å². The van der Waals surface area contributed by atoms with Crippen LogP contribution in [0.2, 0.25) is 0 Å². The van der Waals surface area contributed by atoms with Crippen molar-refractivity contribution in [3.8, 4) is 34.1 Å². The van der Waals surface area contributed by atoms with E-state index in [0.717, 1.165) is 72.1 Å². The van der Waals surface area contributed by atoms with Crippen molar-refractivity contribution in [2.24, 2.45) is 0 Å². The maximum absolute atomic E-state index is 4.55. The molecule has 0 aliphatic heterocycles. The highest BCUT2D eigenvalue weighted by atomic mass is 15.1. The van der Waals surface area contributed by atoms with Gasteiger partial charge in [0.1, 0.15) is 16.7 Å². The molecule has 0 fully saturated rings. The van der Waals surface area contributed by atoms with Crippen LogP contribution in [0, 0.1) is 41.5 Å². The Hall–Kier alpha value is -15.7. The Balaban J connectivity index is 0.0000000952. The first kappa shape index (κ1) is 74.4. The van der Waals surface area contributed by atoms with Crippen molar-refractivity contribution in [2.45, 2.75) is 41.5 Å². The predicted molar refractivity (Wildman–Crippen MR) is 498 cm³/mol. The number of aryl methyl sites for hydroxylation is 6. The van der Waals surface area contributed by atoms with E-state index in [1.165, 1.54) is 127 Å². The second-order valence-electron chi connectivity index (χ2n) is 30.3. The molecule has 0 spiro atoms. The maximum atomic E-state index is 4.55. The van der Waals surface area contributed by atoms with E-state index in [4.69, 9.17) is 0 Å². The SMILES string of the molecule is Cc1ccc(-n2c3ccccc3c3ccccc32)cc1.Cc1ccc(-n2c3ccccc3c3ccncc32)cc1.Cc1ccc(-n2c3ccccc3c3cnccc32)cc1.Cc1ccc(-n2c3ccccc3c3ncccc32)cc1.Cc1ccc(-n2c3cccnc3c3cccnc32)cc1.Cc1ccc(-n2c3cccnc3c3ncccc32)cc1. The first-order valence-corrected chi connectivity index (χ1v) is 40.4. The summed E-state index contributed by atoms with van der Waals surface area (Å²) >= 11 is 0. The van der Waals surface area contributed by atoms with Crippen LogP contribution < -0.4 is 0 Å². The summed E-state index contributed by atoms with van der Waals surface area (Å²) in [6, 6.07) is 119. The topological polar surface area (TPSA) is 120 Å². The largest absolute Gasteiger partial charge is 0.309 e. The average Bonchev–Trinajstić information content (AvgIpc) is 1.64. The lowest BCUT2D eigenvalue weighted by molar-refractivity contribution is 1.13. The van der Waals surface area contributed by atoms with Crippen LogP contribution in [0.5, 0.6) is 0 Å². The number of rotatable bonds is 6. The van der Waals surface area contributed by atoms with Crippen LogP contribution in [0.4, 0.5) is 0 Å². The average molecular weight is 1550 g/mol. The highest BCUT2D eigenvalue weighted by Crippen LogP contribution is 2.38. The first-order valence-electron chi connectivity index (χ1n) is 40.4. The number of aromatic nitrogens is 13. The molecule has 13 heteroatoms. The summed E-state index contributed by atoms with van der Waals surface area (Å²) < 4.78 is 13.6. The summed E-state index contributed by atoms with van der Waals surface area (Å²) in [5, 5.41) is 9.86. The summed E-state index contributed by atoms with van der Waals surface area (Å²) in [7, 11) is 0. The van der Waals surface area contributed by atoms with E-state index in [2.05, 4.69) is 413 Å². The summed E-state index contributed by atoms with van der Waals surface area (Å²) in [6.07, 6.45) is 16.7. The van der Waals surface area contributed by atoms with Crippen molar-refractivity contribution in [1.82, 2.24) is 62.3 Å². The first-order chi connectivity index (χ1) is 59.1. The number of pyridine rings is 7. The van der Waals surface area contributed by atoms with Crippen LogP contribution in [0.25, 0.3) is 166 Å². The fraction of sp³-hybridized carbons (Fsp3) is 0.0561. The zero-order valence-electron chi connectivity index (χ0n) is 67.3. The van der Waals surface area contributed by atoms with E-state index >= 15 is 0 Å². The third-order valence-electron chi connectivity index (χ3n) is 22.3. The molecule has 13 aromatic heterocycles. The Morgan fingerprint density at radius 3 is 0.808 bits per heavy atom. The number of nitrogens with zero attached hydrogens (tertiary/aromatic N) is 13. The molecular weight excluding hydrogens is 1470 g/mol. The quantitative estimate of drug-likeness (QED) is 0.163. The smallest absolute Gasteiger partial charge is 0.147 e. The van der Waals surface area contributed by atoms with E-state index < -0.39 is 0 Å². The zero-order chi connectivity index (χ0) is 81.2. The van der Waals surface area contributed by atoms with Gasteiger partial charge in [-0.15, -0.1) is 0 Å². The summed E-state index contributed by atoms with van der Waals surface area (Å²) in [6.45, 7) is 12.6. The van der Waals surface area contributed by atoms with Gasteiger partial charge in [-0.1, -0.05) is 197 Å². The maximum Gasteiger partial charge on any atom is 0.147 e. The Labute approximate surface area is 694 Å². The number of hydrogen-bond donors (Lipinski definition) is 0. The zero-order valence-corrected chi connectivity index (χ0v) is 67.3. The van der Waals surface area contributed by atoms with Gasteiger partial charge < -0.3 is 22.8 Å². The summed E-state index contributed by atoms with van der Waals surface area (Å²) in [5.41, 5.74) is 32.4. The van der Waals surface area contributed by atoms with Crippen LogP contribution in [0.3, 0.4) is 0 Å². The lowest BCUT2D eigenvalue weighted by atomic mass is 10.2. The molecule has 0 aliphatic rings. The highest BCUT2D eigenvalue weighted by molar-refractivity contribution is 6.12. The van der Waals surface area contributed by atoms with E-state index in [1.807, 2.05) is 86.1 Å². The molecule has 0 saturated heterocycles. The molecule has 0 atom stereocenters. The molecule has 0 bridgehead atoms. The van der Waals surface area contributed by atoms with E-state index in [0.29, 0.717) is 0 Å². The van der Waals surface area contributed by atoms with E-state index in [-0.39, 0.29) is 0 Å². The fourth-order valence-corrected chi connectivity index (χ4v) is 16.5. The third-order valence-corrected chi connectivity index (χ3v) is 22.3. The van der Waals surface area contributed by atoms with Gasteiger partial charge in [-0.05, 0) is 217 Å². The van der Waals surface area contributed by atoms with Gasteiger partial charge in [0, 0.05) is 127 Å². The van der Waals surface area contributed by atoms with E-state index in [1.54, 1.807) is 0 Å². The van der Waals surface area contributed by atoms with Gasteiger partial charge in [0.05, 0.1) is 77.9 Å². The fourth-order valence-electron chi connectivity index (χ4n) is 16.5. The molecule has 0 N–H and O–H groups in total. The Kier molecular flexibility index (Phi) is 20.2. The third kappa shape index (κ3) is 14.1. The van der Waals surface area contributed by atoms with Crippen molar-refractivity contribution < 1.29 is 0 Å². The Bertz CT molecular complexity index is 6300. The molecule has 24 rings (SSSR count). The molecular formula is C107H83N13. The normalized spacial score (nSPS) is 11.2. The molecule has 0 saturated carbocycles. The van der Waals surface area contributed by atoms with Crippen molar-refractivity contribution in [2.75, 3.05) is 0 Å². The lowest BCUT2D eigenvalue weighted by Crippen LogP contribution is -1.95. The van der Waals surface area contributed by atoms with Gasteiger partial charge >= 0.3 is 0 Å². The van der Waals surface area contributed by atoms with Crippen molar-refractivity contribution in [3.05, 3.63) is 429 Å². The van der Waals surface area contributed by atoms with Gasteiger partial charge in [-0.25, -0.2) is 4.98 Å². The van der Waals surface area contributed by atoms with Gasteiger partial charge in [0.25, 0.3) is 0 Å². The predicted octanol–water partition coefficient (Wildman–Crippen LogP) is 26.3. The number of fused-ring (bicyclic) bond motifs is 18. The number of benzene rings is 11. The molecule has 13 nitrogen and oxygen atoms in total. The molecule has 0 unspecified atom stereocenters. The standard InChI is InChI=1S/C19H15N.3C18H14N2.2C17H13N3/c1-14-10-12-15(13-11-14)20-18-8-4-2-6-16(18)17-7-3-5-9-19(17)20;1-13-8-10-14(11-9-13)20-16-6-3-2-5-15(16)18-17(20)7-4-12-19-18;1-13-6-8-14(9-7-13)20-17-5-3-2-4-15(17)16-12-19-11-10-18(16)20;1-13-6-8-14(9-7-13)20-17-5-3-2-4-15(17)16-10-11-19-12-18(16)20;1-12-6-8-13(9-7-12)20-15-5-3-10-18-16(15)14-4-2-11-19-17(14)20;1-12-6-8-13(9-7-12)20-14-4-2-10-18-16(14)17-15(20)5-3-11-19-17/h2-13H,1H3;3*2-12H,1H3;2*2-11H,1H3. The molecule has 120 heavy (non-hydrogen) atoms. The second-order valence-corrected chi connectivity index (χ2v) is 30.3. The molecule has 0 radical (unpaired) electrons. The summed E-state index contributed by atoms with van der Waals surface area (Å²) in [4.78, 5) is 31.1. The van der Waals surface area contributed by atoms with Crippen LogP contribution in [0.15, 0.2) is 395 Å². The minimum atomic E-state index is 0.948. The molecule has 0 amide bonds. The lowest BCUT2D eigenvalue weighted by Gasteiger charge is -2.07.